The van der Waals surface area contributed by atoms with Crippen LogP contribution in [0.4, 0.5) is 5.00 Å². The number of nitrogens with two attached hydrogens (primary N) is 1. The maximum atomic E-state index is 5.18. The summed E-state index contributed by atoms with van der Waals surface area (Å²) in [6, 6.07) is 0. The van der Waals surface area contributed by atoms with Gasteiger partial charge in [0.25, 0.3) is 0 Å². The molecular formula is C5H9N3S. The molecule has 3 N–H and O–H groups in total. The van der Waals surface area contributed by atoms with Crippen LogP contribution < -0.4 is 11.3 Å². The van der Waals surface area contributed by atoms with Crippen LogP contribution in [0.15, 0.2) is 0 Å². The van der Waals surface area contributed by atoms with E-state index in [2.05, 4.69) is 10.4 Å². The molecule has 0 aliphatic heterocycles. The van der Waals surface area contributed by atoms with Gasteiger partial charge in [-0.3, -0.25) is 0 Å². The molecule has 0 radical (unpaired) electrons. The molecule has 4 heteroatoms. The van der Waals surface area contributed by atoms with Gasteiger partial charge in [0.2, 0.25) is 0 Å². The fourth-order valence-electron chi connectivity index (χ4n) is 0.665. The van der Waals surface area contributed by atoms with Gasteiger partial charge in [0.05, 0.1) is 10.7 Å². The van der Waals surface area contributed by atoms with Crippen molar-refractivity contribution in [2.75, 3.05) is 5.43 Å². The van der Waals surface area contributed by atoms with Gasteiger partial charge < -0.3 is 5.43 Å². The first-order valence-corrected chi connectivity index (χ1v) is 3.46. The highest BCUT2D eigenvalue weighted by atomic mass is 32.1. The number of nitrogens with one attached hydrogen (secondary N) is 1. The summed E-state index contributed by atoms with van der Waals surface area (Å²) in [5, 5.41) is 1.99. The van der Waals surface area contributed by atoms with Gasteiger partial charge in [0, 0.05) is 0 Å². The Balaban J connectivity index is 3.01. The number of aryl methyl sites for hydroxylation is 2. The standard InChI is InChI=1S/C5H9N3S/c1-3-5(8-6)9-4(2)7-3/h8H,6H2,1-2H3. The van der Waals surface area contributed by atoms with Crippen LogP contribution in [-0.2, 0) is 0 Å². The molecule has 0 unspecified atom stereocenters. The van der Waals surface area contributed by atoms with E-state index in [1.165, 1.54) is 0 Å². The van der Waals surface area contributed by atoms with E-state index >= 15 is 0 Å². The summed E-state index contributed by atoms with van der Waals surface area (Å²) in [7, 11) is 0. The second-order valence-electron chi connectivity index (χ2n) is 1.79. The molecule has 3 nitrogen and oxygen atoms in total. The van der Waals surface area contributed by atoms with E-state index < -0.39 is 0 Å². The summed E-state index contributed by atoms with van der Waals surface area (Å²) in [4.78, 5) is 4.16. The zero-order chi connectivity index (χ0) is 6.85. The van der Waals surface area contributed by atoms with Crippen LogP contribution in [0.1, 0.15) is 10.7 Å². The molecule has 0 bridgehead atoms. The van der Waals surface area contributed by atoms with Crippen molar-refractivity contribution in [3.63, 3.8) is 0 Å². The molecule has 50 valence electrons. The highest BCUT2D eigenvalue weighted by Crippen LogP contribution is 2.21. The van der Waals surface area contributed by atoms with Crippen molar-refractivity contribution < 1.29 is 0 Å². The zero-order valence-corrected chi connectivity index (χ0v) is 6.25. The fraction of sp³-hybridized carbons (Fsp3) is 0.400. The lowest BCUT2D eigenvalue weighted by atomic mass is 10.5. The lowest BCUT2D eigenvalue weighted by Crippen LogP contribution is -2.05. The molecule has 0 spiro atoms. The average Bonchev–Trinajstić information content (AvgIpc) is 2.10. The van der Waals surface area contributed by atoms with Gasteiger partial charge in [-0.25, -0.2) is 10.8 Å². The first-order chi connectivity index (χ1) is 4.24. The van der Waals surface area contributed by atoms with Crippen molar-refractivity contribution in [3.05, 3.63) is 10.7 Å². The highest BCUT2D eigenvalue weighted by Gasteiger charge is 1.99. The molecule has 0 saturated heterocycles. The molecule has 1 heterocycles. The largest absolute Gasteiger partial charge is 0.314 e. The van der Waals surface area contributed by atoms with Crippen molar-refractivity contribution in [2.45, 2.75) is 13.8 Å². The highest BCUT2D eigenvalue weighted by molar-refractivity contribution is 7.15. The SMILES string of the molecule is Cc1nc(C)c(NN)s1. The summed E-state index contributed by atoms with van der Waals surface area (Å²) in [5.74, 6) is 5.18. The number of hydrogen-bond acceptors (Lipinski definition) is 4. The predicted molar refractivity (Wildman–Crippen MR) is 39.4 cm³/mol. The molecule has 0 amide bonds. The number of thiazole rings is 1. The summed E-state index contributed by atoms with van der Waals surface area (Å²) >= 11 is 1.57. The van der Waals surface area contributed by atoms with E-state index in [1.807, 2.05) is 13.8 Å². The third kappa shape index (κ3) is 1.20. The van der Waals surface area contributed by atoms with E-state index in [4.69, 9.17) is 5.84 Å². The lowest BCUT2D eigenvalue weighted by molar-refractivity contribution is 1.19. The third-order valence-electron chi connectivity index (χ3n) is 1.03. The number of anilines is 1. The van der Waals surface area contributed by atoms with Crippen LogP contribution in [0.25, 0.3) is 0 Å². The van der Waals surface area contributed by atoms with Gasteiger partial charge in [-0.15, -0.1) is 11.3 Å². The van der Waals surface area contributed by atoms with Crippen molar-refractivity contribution in [3.8, 4) is 0 Å². The number of nitrogens with zero attached hydrogens (tertiary/aromatic N) is 1. The Morgan fingerprint density at radius 1 is 1.56 bits per heavy atom. The van der Waals surface area contributed by atoms with Crippen LogP contribution >= 0.6 is 11.3 Å². The second-order valence-corrected chi connectivity index (χ2v) is 2.99. The van der Waals surface area contributed by atoms with Gasteiger partial charge in [0.1, 0.15) is 5.00 Å². The molecule has 1 aromatic rings. The first kappa shape index (κ1) is 6.51. The second kappa shape index (κ2) is 2.33. The van der Waals surface area contributed by atoms with Crippen molar-refractivity contribution in [2.24, 2.45) is 5.84 Å². The Morgan fingerprint density at radius 3 is 2.44 bits per heavy atom. The topological polar surface area (TPSA) is 50.9 Å². The lowest BCUT2D eigenvalue weighted by Gasteiger charge is -1.90. The molecule has 1 aromatic heterocycles. The van der Waals surface area contributed by atoms with E-state index in [0.717, 1.165) is 15.7 Å². The molecule has 0 fully saturated rings. The van der Waals surface area contributed by atoms with E-state index in [-0.39, 0.29) is 0 Å². The molecule has 0 aliphatic carbocycles. The predicted octanol–water partition coefficient (Wildman–Crippen LogP) is 1.05. The molecular weight excluding hydrogens is 134 g/mol. The molecule has 9 heavy (non-hydrogen) atoms. The minimum Gasteiger partial charge on any atom is -0.314 e. The van der Waals surface area contributed by atoms with E-state index in [0.29, 0.717) is 0 Å². The maximum Gasteiger partial charge on any atom is 0.126 e. The van der Waals surface area contributed by atoms with Crippen LogP contribution in [-0.4, -0.2) is 4.98 Å². The Bertz CT molecular complexity index is 206. The smallest absolute Gasteiger partial charge is 0.126 e. The number of nitrogen functional groups attached to an aromatic ring is 1. The Hall–Kier alpha value is -0.610. The fourth-order valence-corrected chi connectivity index (χ4v) is 1.40. The molecule has 0 atom stereocenters. The molecule has 0 aliphatic rings. The van der Waals surface area contributed by atoms with Gasteiger partial charge in [0.15, 0.2) is 0 Å². The molecule has 1 rings (SSSR count). The minimum absolute atomic E-state index is 0.951. The van der Waals surface area contributed by atoms with Crippen LogP contribution in [0, 0.1) is 13.8 Å². The van der Waals surface area contributed by atoms with Crippen LogP contribution in [0.5, 0.6) is 0 Å². The van der Waals surface area contributed by atoms with Crippen molar-refractivity contribution in [1.29, 1.82) is 0 Å². The van der Waals surface area contributed by atoms with Crippen LogP contribution in [0.2, 0.25) is 0 Å². The summed E-state index contributed by atoms with van der Waals surface area (Å²) < 4.78 is 0. The zero-order valence-electron chi connectivity index (χ0n) is 5.43. The first-order valence-electron chi connectivity index (χ1n) is 2.64. The maximum absolute atomic E-state index is 5.18. The quantitative estimate of drug-likeness (QED) is 0.456. The van der Waals surface area contributed by atoms with E-state index in [1.54, 1.807) is 11.3 Å². The monoisotopic (exact) mass is 143 g/mol. The number of aromatic nitrogens is 1. The summed E-state index contributed by atoms with van der Waals surface area (Å²) in [6.45, 7) is 3.89. The van der Waals surface area contributed by atoms with Gasteiger partial charge >= 0.3 is 0 Å². The summed E-state index contributed by atoms with van der Waals surface area (Å²) in [5.41, 5.74) is 3.54. The number of rotatable bonds is 1. The number of hydrazine groups is 1. The normalized spacial score (nSPS) is 9.67. The average molecular weight is 143 g/mol. The number of hydrogen-bond donors (Lipinski definition) is 2. The minimum atomic E-state index is 0.951. The molecule has 0 aromatic carbocycles. The Labute approximate surface area is 57.9 Å². The van der Waals surface area contributed by atoms with Gasteiger partial charge in [-0.1, -0.05) is 0 Å². The molecule has 0 saturated carbocycles. The van der Waals surface area contributed by atoms with Crippen LogP contribution in [0.3, 0.4) is 0 Å². The Kier molecular flexibility index (Phi) is 1.68. The summed E-state index contributed by atoms with van der Waals surface area (Å²) in [6.07, 6.45) is 0. The van der Waals surface area contributed by atoms with Gasteiger partial charge in [-0.05, 0) is 13.8 Å². The van der Waals surface area contributed by atoms with Crippen molar-refractivity contribution in [1.82, 2.24) is 4.98 Å². The van der Waals surface area contributed by atoms with Crippen molar-refractivity contribution >= 4 is 16.3 Å². The Morgan fingerprint density at radius 2 is 2.22 bits per heavy atom. The third-order valence-corrected chi connectivity index (χ3v) is 2.04. The van der Waals surface area contributed by atoms with Gasteiger partial charge in [-0.2, -0.15) is 0 Å². The van der Waals surface area contributed by atoms with E-state index in [9.17, 15) is 0 Å².